The van der Waals surface area contributed by atoms with E-state index < -0.39 is 0 Å². The van der Waals surface area contributed by atoms with E-state index >= 15 is 0 Å². The molecule has 0 saturated carbocycles. The Hall–Kier alpha value is -2.88. The van der Waals surface area contributed by atoms with Crippen molar-refractivity contribution in [1.82, 2.24) is 10.3 Å². The van der Waals surface area contributed by atoms with E-state index in [9.17, 15) is 4.79 Å². The maximum Gasteiger partial charge on any atom is 0.270 e. The lowest BCUT2D eigenvalue weighted by Gasteiger charge is -2.08. The van der Waals surface area contributed by atoms with Crippen LogP contribution in [0.5, 0.6) is 0 Å². The Morgan fingerprint density at radius 2 is 1.90 bits per heavy atom. The molecule has 104 valence electrons. The maximum absolute atomic E-state index is 12.1. The molecule has 0 unspecified atom stereocenters. The second-order valence-electron chi connectivity index (χ2n) is 4.80. The predicted molar refractivity (Wildman–Crippen MR) is 83.8 cm³/mol. The number of carbonyl (C=O) groups is 1. The smallest absolute Gasteiger partial charge is 0.270 e. The van der Waals surface area contributed by atoms with Crippen LogP contribution in [0.2, 0.25) is 0 Å². The van der Waals surface area contributed by atoms with Gasteiger partial charge in [0.15, 0.2) is 0 Å². The zero-order valence-corrected chi connectivity index (χ0v) is 11.4. The number of nitrogens with one attached hydrogen (secondary N) is 1. The zero-order valence-electron chi connectivity index (χ0n) is 11.4. The molecule has 4 heteroatoms. The largest absolute Gasteiger partial charge is 0.399 e. The highest BCUT2D eigenvalue weighted by Crippen LogP contribution is 2.18. The maximum atomic E-state index is 12.1. The highest BCUT2D eigenvalue weighted by Gasteiger charge is 2.08. The number of anilines is 1. The Morgan fingerprint density at radius 1 is 1.10 bits per heavy atom. The summed E-state index contributed by atoms with van der Waals surface area (Å²) in [5.74, 6) is -0.227. The van der Waals surface area contributed by atoms with E-state index in [1.807, 2.05) is 24.3 Å². The van der Waals surface area contributed by atoms with Crippen LogP contribution >= 0.6 is 0 Å². The fraction of sp³-hybridized carbons (Fsp3) is 0.0588. The first-order chi connectivity index (χ1) is 10.2. The van der Waals surface area contributed by atoms with Crippen LogP contribution in [0, 0.1) is 0 Å². The van der Waals surface area contributed by atoms with E-state index in [-0.39, 0.29) is 5.91 Å². The van der Waals surface area contributed by atoms with Gasteiger partial charge in [-0.2, -0.15) is 0 Å². The summed E-state index contributed by atoms with van der Waals surface area (Å²) in [5.41, 5.74) is 7.59. The monoisotopic (exact) mass is 277 g/mol. The molecule has 21 heavy (non-hydrogen) atoms. The number of nitrogens with zero attached hydrogens (tertiary/aromatic N) is 1. The number of carbonyl (C=O) groups excluding carboxylic acids is 1. The van der Waals surface area contributed by atoms with Crippen molar-refractivity contribution in [1.29, 1.82) is 0 Å². The lowest BCUT2D eigenvalue weighted by atomic mass is 10.0. The third-order valence-electron chi connectivity index (χ3n) is 3.34. The summed E-state index contributed by atoms with van der Waals surface area (Å²) in [6.07, 6.45) is 1.53. The minimum absolute atomic E-state index is 0.227. The molecule has 0 bridgehead atoms. The van der Waals surface area contributed by atoms with Gasteiger partial charge in [0.05, 0.1) is 0 Å². The standard InChI is InChI=1S/C17H15N3O/c18-14-8-9-19-16(10-14)17(21)20-11-13-6-3-5-12-4-1-2-7-15(12)13/h1-10H,11H2,(H2,18,19)(H,20,21). The highest BCUT2D eigenvalue weighted by molar-refractivity contribution is 5.93. The Bertz CT molecular complexity index is 793. The van der Waals surface area contributed by atoms with Crippen LogP contribution in [-0.4, -0.2) is 10.9 Å². The molecule has 4 nitrogen and oxygen atoms in total. The molecule has 3 rings (SSSR count). The molecule has 2 aromatic carbocycles. The van der Waals surface area contributed by atoms with E-state index in [1.54, 1.807) is 12.1 Å². The lowest BCUT2D eigenvalue weighted by Crippen LogP contribution is -2.24. The van der Waals surface area contributed by atoms with E-state index in [0.717, 1.165) is 16.3 Å². The van der Waals surface area contributed by atoms with Gasteiger partial charge in [-0.05, 0) is 28.5 Å². The number of nitrogen functional groups attached to an aromatic ring is 1. The summed E-state index contributed by atoms with van der Waals surface area (Å²) in [4.78, 5) is 16.1. The van der Waals surface area contributed by atoms with Crippen LogP contribution < -0.4 is 11.1 Å². The molecule has 0 aliphatic carbocycles. The number of benzene rings is 2. The molecular weight excluding hydrogens is 262 g/mol. The highest BCUT2D eigenvalue weighted by atomic mass is 16.1. The van der Waals surface area contributed by atoms with Crippen molar-refractivity contribution in [3.8, 4) is 0 Å². The molecule has 0 spiro atoms. The first kappa shape index (κ1) is 13.1. The number of amides is 1. The third kappa shape index (κ3) is 2.84. The Balaban J connectivity index is 1.79. The quantitative estimate of drug-likeness (QED) is 0.773. The van der Waals surface area contributed by atoms with Crippen molar-refractivity contribution in [2.45, 2.75) is 6.54 Å². The number of hydrogen-bond acceptors (Lipinski definition) is 3. The van der Waals surface area contributed by atoms with Gasteiger partial charge in [0.2, 0.25) is 0 Å². The van der Waals surface area contributed by atoms with E-state index in [0.29, 0.717) is 17.9 Å². The molecule has 0 aliphatic heterocycles. The second-order valence-corrected chi connectivity index (χ2v) is 4.80. The number of fused-ring (bicyclic) bond motifs is 1. The molecule has 0 aliphatic rings. The fourth-order valence-corrected chi connectivity index (χ4v) is 2.28. The SMILES string of the molecule is Nc1ccnc(C(=O)NCc2cccc3ccccc23)c1. The molecule has 0 fully saturated rings. The van der Waals surface area contributed by atoms with Crippen molar-refractivity contribution in [2.24, 2.45) is 0 Å². The first-order valence-corrected chi connectivity index (χ1v) is 6.70. The van der Waals surface area contributed by atoms with Crippen molar-refractivity contribution >= 4 is 22.4 Å². The second kappa shape index (κ2) is 5.63. The van der Waals surface area contributed by atoms with Gasteiger partial charge in [-0.25, -0.2) is 0 Å². The number of nitrogens with two attached hydrogens (primary N) is 1. The van der Waals surface area contributed by atoms with Crippen molar-refractivity contribution < 1.29 is 4.79 Å². The molecule has 3 N–H and O–H groups in total. The number of rotatable bonds is 3. The normalized spacial score (nSPS) is 10.5. The molecule has 1 aromatic heterocycles. The van der Waals surface area contributed by atoms with Crippen LogP contribution in [0.15, 0.2) is 60.8 Å². The average molecular weight is 277 g/mol. The topological polar surface area (TPSA) is 68.0 Å². The Kier molecular flexibility index (Phi) is 3.51. The molecule has 1 heterocycles. The number of pyridine rings is 1. The van der Waals surface area contributed by atoms with Crippen LogP contribution in [0.4, 0.5) is 5.69 Å². The van der Waals surface area contributed by atoms with Gasteiger partial charge in [0.25, 0.3) is 5.91 Å². The van der Waals surface area contributed by atoms with Gasteiger partial charge in [0.1, 0.15) is 5.69 Å². The molecule has 1 amide bonds. The zero-order chi connectivity index (χ0) is 14.7. The summed E-state index contributed by atoms with van der Waals surface area (Å²) in [5, 5.41) is 5.18. The van der Waals surface area contributed by atoms with Gasteiger partial charge in [-0.3, -0.25) is 9.78 Å². The van der Waals surface area contributed by atoms with Crippen molar-refractivity contribution in [3.63, 3.8) is 0 Å². The van der Waals surface area contributed by atoms with Crippen LogP contribution in [-0.2, 0) is 6.54 Å². The van der Waals surface area contributed by atoms with Crippen LogP contribution in [0.25, 0.3) is 10.8 Å². The van der Waals surface area contributed by atoms with Gasteiger partial charge >= 0.3 is 0 Å². The molecule has 3 aromatic rings. The molecule has 0 radical (unpaired) electrons. The van der Waals surface area contributed by atoms with Gasteiger partial charge in [-0.1, -0.05) is 42.5 Å². The first-order valence-electron chi connectivity index (χ1n) is 6.70. The van der Waals surface area contributed by atoms with Gasteiger partial charge < -0.3 is 11.1 Å². The minimum Gasteiger partial charge on any atom is -0.399 e. The van der Waals surface area contributed by atoms with Gasteiger partial charge in [-0.15, -0.1) is 0 Å². The average Bonchev–Trinajstić information content (AvgIpc) is 2.52. The van der Waals surface area contributed by atoms with E-state index in [2.05, 4.69) is 28.5 Å². The summed E-state index contributed by atoms with van der Waals surface area (Å²) in [7, 11) is 0. The van der Waals surface area contributed by atoms with E-state index in [1.165, 1.54) is 6.20 Å². The Labute approximate surface area is 122 Å². The Morgan fingerprint density at radius 3 is 2.76 bits per heavy atom. The van der Waals surface area contributed by atoms with Gasteiger partial charge in [0, 0.05) is 18.4 Å². The molecule has 0 atom stereocenters. The predicted octanol–water partition coefficient (Wildman–Crippen LogP) is 2.75. The summed E-state index contributed by atoms with van der Waals surface area (Å²) in [6, 6.07) is 17.4. The molecule has 0 saturated heterocycles. The van der Waals surface area contributed by atoms with Crippen molar-refractivity contribution in [3.05, 3.63) is 72.1 Å². The van der Waals surface area contributed by atoms with E-state index in [4.69, 9.17) is 5.73 Å². The molecular formula is C17H15N3O. The lowest BCUT2D eigenvalue weighted by molar-refractivity contribution is 0.0946. The van der Waals surface area contributed by atoms with Crippen LogP contribution in [0.1, 0.15) is 16.1 Å². The number of aromatic nitrogens is 1. The number of hydrogen-bond donors (Lipinski definition) is 2. The third-order valence-corrected chi connectivity index (χ3v) is 3.34. The summed E-state index contributed by atoms with van der Waals surface area (Å²) in [6.45, 7) is 0.455. The van der Waals surface area contributed by atoms with Crippen molar-refractivity contribution in [2.75, 3.05) is 5.73 Å². The summed E-state index contributed by atoms with van der Waals surface area (Å²) < 4.78 is 0. The van der Waals surface area contributed by atoms with Crippen LogP contribution in [0.3, 0.4) is 0 Å². The minimum atomic E-state index is -0.227. The summed E-state index contributed by atoms with van der Waals surface area (Å²) >= 11 is 0. The fourth-order valence-electron chi connectivity index (χ4n) is 2.28.